The first-order chi connectivity index (χ1) is 11.1. The number of halogens is 4. The molecule has 130 valence electrons. The number of allylic oxidation sites excluding steroid dienone is 1. The highest BCUT2D eigenvalue weighted by molar-refractivity contribution is 7.92. The van der Waals surface area contributed by atoms with E-state index in [0.717, 1.165) is 11.5 Å². The molecule has 0 radical (unpaired) electrons. The maximum atomic E-state index is 14.0. The average Bonchev–Trinajstić information content (AvgIpc) is 2.95. The van der Waals surface area contributed by atoms with Crippen LogP contribution < -0.4 is 4.72 Å². The summed E-state index contributed by atoms with van der Waals surface area (Å²) in [5.74, 6) is -2.79. The SMILES string of the molecule is C/C=C/S(=O)(=O)NCc1ccc(-c2noc(C(F)(F)F)n2)cc1F. The molecule has 0 atom stereocenters. The van der Waals surface area contributed by atoms with E-state index in [1.54, 1.807) is 0 Å². The van der Waals surface area contributed by atoms with Crippen LogP contribution in [0.3, 0.4) is 0 Å². The number of benzene rings is 1. The summed E-state index contributed by atoms with van der Waals surface area (Å²) in [6, 6.07) is 3.37. The Hall–Kier alpha value is -2.27. The van der Waals surface area contributed by atoms with Gasteiger partial charge in [0.15, 0.2) is 0 Å². The second kappa shape index (κ2) is 6.69. The molecule has 1 heterocycles. The number of nitrogens with zero attached hydrogens (tertiary/aromatic N) is 2. The lowest BCUT2D eigenvalue weighted by atomic mass is 10.1. The molecule has 0 aliphatic carbocycles. The molecule has 0 aliphatic rings. The van der Waals surface area contributed by atoms with Crippen molar-refractivity contribution in [3.8, 4) is 11.4 Å². The van der Waals surface area contributed by atoms with Gasteiger partial charge in [-0.1, -0.05) is 23.4 Å². The molecule has 0 unspecified atom stereocenters. The Morgan fingerprint density at radius 1 is 1.33 bits per heavy atom. The van der Waals surface area contributed by atoms with Crippen molar-refractivity contribution in [1.29, 1.82) is 0 Å². The minimum absolute atomic E-state index is 0.00590. The van der Waals surface area contributed by atoms with E-state index in [9.17, 15) is 26.0 Å². The lowest BCUT2D eigenvalue weighted by Gasteiger charge is -2.05. The van der Waals surface area contributed by atoms with Gasteiger partial charge < -0.3 is 4.52 Å². The van der Waals surface area contributed by atoms with Crippen LogP contribution in [0.1, 0.15) is 18.4 Å². The summed E-state index contributed by atoms with van der Waals surface area (Å²) < 4.78 is 80.3. The van der Waals surface area contributed by atoms with E-state index < -0.39 is 33.7 Å². The van der Waals surface area contributed by atoms with Gasteiger partial charge in [-0.25, -0.2) is 17.5 Å². The molecule has 0 amide bonds. The summed E-state index contributed by atoms with van der Waals surface area (Å²) in [7, 11) is -3.68. The molecule has 0 saturated carbocycles. The molecule has 1 aromatic carbocycles. The lowest BCUT2D eigenvalue weighted by molar-refractivity contribution is -0.159. The van der Waals surface area contributed by atoms with E-state index in [-0.39, 0.29) is 17.7 Å². The third-order valence-corrected chi connectivity index (χ3v) is 3.94. The highest BCUT2D eigenvalue weighted by Gasteiger charge is 2.38. The van der Waals surface area contributed by atoms with Crippen LogP contribution in [0.4, 0.5) is 17.6 Å². The van der Waals surface area contributed by atoms with Gasteiger partial charge in [-0.2, -0.15) is 18.2 Å². The molecule has 6 nitrogen and oxygen atoms in total. The fourth-order valence-corrected chi connectivity index (χ4v) is 2.50. The van der Waals surface area contributed by atoms with Crippen molar-refractivity contribution < 1.29 is 30.5 Å². The largest absolute Gasteiger partial charge is 0.471 e. The number of rotatable bonds is 5. The topological polar surface area (TPSA) is 85.1 Å². The summed E-state index contributed by atoms with van der Waals surface area (Å²) >= 11 is 0. The quantitative estimate of drug-likeness (QED) is 0.824. The molecule has 11 heteroatoms. The Kier molecular flexibility index (Phi) is 5.04. The van der Waals surface area contributed by atoms with Crippen molar-refractivity contribution in [2.45, 2.75) is 19.6 Å². The molecule has 2 rings (SSSR count). The van der Waals surface area contributed by atoms with Gasteiger partial charge in [0.25, 0.3) is 0 Å². The van der Waals surface area contributed by atoms with Crippen molar-refractivity contribution >= 4 is 10.0 Å². The summed E-state index contributed by atoms with van der Waals surface area (Å²) in [6.45, 7) is 1.19. The van der Waals surface area contributed by atoms with Gasteiger partial charge in [0.05, 0.1) is 0 Å². The Morgan fingerprint density at radius 2 is 2.04 bits per heavy atom. The van der Waals surface area contributed by atoms with Gasteiger partial charge in [-0.05, 0) is 13.0 Å². The van der Waals surface area contributed by atoms with Crippen LogP contribution >= 0.6 is 0 Å². The van der Waals surface area contributed by atoms with E-state index >= 15 is 0 Å². The maximum Gasteiger partial charge on any atom is 0.471 e. The fourth-order valence-electron chi connectivity index (χ4n) is 1.69. The van der Waals surface area contributed by atoms with Crippen LogP contribution in [0, 0.1) is 5.82 Å². The van der Waals surface area contributed by atoms with Crippen molar-refractivity contribution in [2.75, 3.05) is 0 Å². The van der Waals surface area contributed by atoms with Gasteiger partial charge in [0, 0.05) is 23.1 Å². The molecular formula is C13H11F4N3O3S. The van der Waals surface area contributed by atoms with Crippen LogP contribution in [0.25, 0.3) is 11.4 Å². The Morgan fingerprint density at radius 3 is 2.58 bits per heavy atom. The van der Waals surface area contributed by atoms with Crippen molar-refractivity contribution in [1.82, 2.24) is 14.9 Å². The van der Waals surface area contributed by atoms with Crippen molar-refractivity contribution in [2.24, 2.45) is 0 Å². The molecule has 1 aromatic heterocycles. The first-order valence-electron chi connectivity index (χ1n) is 6.44. The standard InChI is InChI=1S/C13H11F4N3O3S/c1-2-5-24(21,22)18-7-9-4-3-8(6-10(9)14)11-19-12(23-20-11)13(15,16)17/h2-6,18H,7H2,1H3/b5-2+. The summed E-state index contributed by atoms with van der Waals surface area (Å²) in [5.41, 5.74) is -0.0295. The van der Waals surface area contributed by atoms with Crippen LogP contribution in [0.15, 0.2) is 34.2 Å². The van der Waals surface area contributed by atoms with Gasteiger partial charge in [0.2, 0.25) is 15.8 Å². The molecule has 2 aromatic rings. The molecule has 0 bridgehead atoms. The van der Waals surface area contributed by atoms with Crippen LogP contribution in [-0.2, 0) is 22.7 Å². The van der Waals surface area contributed by atoms with E-state index in [0.29, 0.717) is 0 Å². The third-order valence-electron chi connectivity index (χ3n) is 2.76. The zero-order valence-electron chi connectivity index (χ0n) is 12.1. The van der Waals surface area contributed by atoms with E-state index in [1.165, 1.54) is 25.1 Å². The minimum atomic E-state index is -4.80. The normalized spacial score (nSPS) is 12.9. The van der Waals surface area contributed by atoms with E-state index in [2.05, 4.69) is 19.4 Å². The molecule has 0 fully saturated rings. The number of hydrogen-bond donors (Lipinski definition) is 1. The molecular weight excluding hydrogens is 354 g/mol. The van der Waals surface area contributed by atoms with Crippen LogP contribution in [0.5, 0.6) is 0 Å². The van der Waals surface area contributed by atoms with Crippen LogP contribution in [0.2, 0.25) is 0 Å². The number of sulfonamides is 1. The average molecular weight is 365 g/mol. The highest BCUT2D eigenvalue weighted by atomic mass is 32.2. The fraction of sp³-hybridized carbons (Fsp3) is 0.231. The Labute approximate surface area is 134 Å². The summed E-state index contributed by atoms with van der Waals surface area (Å²) in [6.07, 6.45) is -3.49. The molecule has 0 saturated heterocycles. The van der Waals surface area contributed by atoms with E-state index in [4.69, 9.17) is 0 Å². The molecule has 0 spiro atoms. The monoisotopic (exact) mass is 365 g/mol. The van der Waals surface area contributed by atoms with Crippen molar-refractivity contribution in [3.05, 3.63) is 47.0 Å². The smallest absolute Gasteiger partial charge is 0.329 e. The zero-order valence-corrected chi connectivity index (χ0v) is 12.9. The second-order valence-corrected chi connectivity index (χ2v) is 6.21. The van der Waals surface area contributed by atoms with Crippen molar-refractivity contribution in [3.63, 3.8) is 0 Å². The first kappa shape index (κ1) is 18.1. The summed E-state index contributed by atoms with van der Waals surface area (Å²) in [5, 5.41) is 4.05. The number of nitrogens with one attached hydrogen (secondary N) is 1. The van der Waals surface area contributed by atoms with Crippen LogP contribution in [-0.4, -0.2) is 18.6 Å². The Balaban J connectivity index is 2.19. The Bertz CT molecular complexity index is 860. The highest BCUT2D eigenvalue weighted by Crippen LogP contribution is 2.29. The zero-order chi connectivity index (χ0) is 18.0. The van der Waals surface area contributed by atoms with Gasteiger partial charge in [0.1, 0.15) is 5.82 Å². The third kappa shape index (κ3) is 4.38. The lowest BCUT2D eigenvalue weighted by Crippen LogP contribution is -2.21. The molecule has 1 N–H and O–H groups in total. The van der Waals surface area contributed by atoms with E-state index in [1.807, 2.05) is 0 Å². The molecule has 0 aliphatic heterocycles. The number of alkyl halides is 3. The van der Waals surface area contributed by atoms with Gasteiger partial charge >= 0.3 is 12.1 Å². The van der Waals surface area contributed by atoms with Gasteiger partial charge in [-0.15, -0.1) is 0 Å². The maximum absolute atomic E-state index is 14.0. The number of hydrogen-bond acceptors (Lipinski definition) is 5. The first-order valence-corrected chi connectivity index (χ1v) is 7.99. The minimum Gasteiger partial charge on any atom is -0.329 e. The number of aromatic nitrogens is 2. The summed E-state index contributed by atoms with van der Waals surface area (Å²) in [4.78, 5) is 3.14. The predicted molar refractivity (Wildman–Crippen MR) is 75.3 cm³/mol. The predicted octanol–water partition coefficient (Wildman–Crippen LogP) is 2.85. The van der Waals surface area contributed by atoms with Gasteiger partial charge in [-0.3, -0.25) is 0 Å². The molecule has 24 heavy (non-hydrogen) atoms. The second-order valence-electron chi connectivity index (χ2n) is 4.56.